The van der Waals surface area contributed by atoms with Crippen molar-refractivity contribution < 1.29 is 13.9 Å². The van der Waals surface area contributed by atoms with Gasteiger partial charge in [-0.1, -0.05) is 0 Å². The predicted octanol–water partition coefficient (Wildman–Crippen LogP) is 3.57. The Morgan fingerprint density at radius 2 is 2.15 bits per heavy atom. The number of likely N-dealkylation sites (tertiary alicyclic amines) is 1. The third kappa shape index (κ3) is 4.00. The highest BCUT2D eigenvalue weighted by Crippen LogP contribution is 2.41. The molecule has 2 aromatic rings. The molecule has 5 nitrogen and oxygen atoms in total. The normalized spacial score (nSPS) is 26.6. The fraction of sp³-hybridized carbons (Fsp3) is 0.571. The first-order valence-electron chi connectivity index (χ1n) is 9.59. The number of aromatic nitrogens is 1. The average molecular weight is 356 g/mol. The fourth-order valence-electron chi connectivity index (χ4n) is 4.37. The summed E-state index contributed by atoms with van der Waals surface area (Å²) in [6.45, 7) is 7.19. The molecule has 140 valence electrons. The highest BCUT2D eigenvalue weighted by molar-refractivity contribution is 5.08. The minimum atomic E-state index is 0.0885. The zero-order valence-corrected chi connectivity index (χ0v) is 15.5. The van der Waals surface area contributed by atoms with Gasteiger partial charge in [0, 0.05) is 37.5 Å². The molecule has 4 heterocycles. The molecule has 5 heteroatoms. The number of nitrogens with zero attached hydrogens (tertiary/aromatic N) is 2. The first-order chi connectivity index (χ1) is 12.7. The van der Waals surface area contributed by atoms with Gasteiger partial charge in [-0.15, -0.1) is 0 Å². The van der Waals surface area contributed by atoms with Gasteiger partial charge in [-0.3, -0.25) is 9.88 Å². The fourth-order valence-corrected chi connectivity index (χ4v) is 4.37. The second kappa shape index (κ2) is 7.91. The number of hydrogen-bond donors (Lipinski definition) is 0. The van der Waals surface area contributed by atoms with Crippen LogP contribution in [0, 0.1) is 12.3 Å². The third-order valence-electron chi connectivity index (χ3n) is 5.65. The second-order valence-electron chi connectivity index (χ2n) is 7.69. The minimum Gasteiger partial charge on any atom is -0.465 e. The summed E-state index contributed by atoms with van der Waals surface area (Å²) in [6, 6.07) is 8.16. The monoisotopic (exact) mass is 356 g/mol. The second-order valence-corrected chi connectivity index (χ2v) is 7.69. The number of ether oxygens (including phenoxy) is 2. The van der Waals surface area contributed by atoms with Gasteiger partial charge in [0.05, 0.1) is 25.9 Å². The summed E-state index contributed by atoms with van der Waals surface area (Å²) < 4.78 is 18.1. The molecule has 0 saturated carbocycles. The number of rotatable bonds is 6. The van der Waals surface area contributed by atoms with Crippen molar-refractivity contribution in [2.45, 2.75) is 45.4 Å². The van der Waals surface area contributed by atoms with Gasteiger partial charge in [0.2, 0.25) is 0 Å². The first-order valence-corrected chi connectivity index (χ1v) is 9.59. The van der Waals surface area contributed by atoms with Crippen molar-refractivity contribution >= 4 is 0 Å². The summed E-state index contributed by atoms with van der Waals surface area (Å²) in [6.07, 6.45) is 7.29. The zero-order chi connectivity index (χ0) is 17.8. The summed E-state index contributed by atoms with van der Waals surface area (Å²) in [5, 5.41) is 0. The Balaban J connectivity index is 1.40. The lowest BCUT2D eigenvalue weighted by molar-refractivity contribution is -0.156. The van der Waals surface area contributed by atoms with Crippen LogP contribution >= 0.6 is 0 Å². The molecular weight excluding hydrogens is 328 g/mol. The van der Waals surface area contributed by atoms with E-state index in [4.69, 9.17) is 13.9 Å². The highest BCUT2D eigenvalue weighted by Gasteiger charge is 2.46. The standard InChI is InChI=1S/C21H28N2O3/c1-17-3-4-19(26-17)13-23-11-7-20-21(15-23,8-2-12-25-20)16-24-14-18-5-9-22-10-6-18/h3-6,9-10,20H,2,7-8,11-16H2,1H3/t20-,21+/m1/s1. The van der Waals surface area contributed by atoms with Crippen molar-refractivity contribution in [2.75, 3.05) is 26.3 Å². The molecule has 0 radical (unpaired) electrons. The maximum atomic E-state index is 6.16. The van der Waals surface area contributed by atoms with Gasteiger partial charge in [0.1, 0.15) is 11.5 Å². The predicted molar refractivity (Wildman–Crippen MR) is 98.6 cm³/mol. The van der Waals surface area contributed by atoms with Gasteiger partial charge < -0.3 is 13.9 Å². The van der Waals surface area contributed by atoms with E-state index in [0.717, 1.165) is 57.2 Å². The zero-order valence-electron chi connectivity index (χ0n) is 15.5. The lowest BCUT2D eigenvalue weighted by Gasteiger charge is -2.50. The van der Waals surface area contributed by atoms with Gasteiger partial charge >= 0.3 is 0 Å². The molecule has 0 spiro atoms. The molecule has 2 aliphatic heterocycles. The average Bonchev–Trinajstić information content (AvgIpc) is 3.07. The van der Waals surface area contributed by atoms with E-state index in [0.29, 0.717) is 12.7 Å². The molecule has 0 amide bonds. The molecule has 2 atom stereocenters. The molecule has 0 bridgehead atoms. The SMILES string of the molecule is Cc1ccc(CN2CC[C@H]3OCCC[C@@]3(COCc3ccncc3)C2)o1. The minimum absolute atomic E-state index is 0.0885. The van der Waals surface area contributed by atoms with Crippen LogP contribution in [0.4, 0.5) is 0 Å². The molecular formula is C21H28N2O3. The Morgan fingerprint density at radius 1 is 1.27 bits per heavy atom. The molecule has 0 aromatic carbocycles. The van der Waals surface area contributed by atoms with Gasteiger partial charge in [-0.2, -0.15) is 0 Å². The smallest absolute Gasteiger partial charge is 0.118 e. The topological polar surface area (TPSA) is 47.7 Å². The largest absolute Gasteiger partial charge is 0.465 e. The summed E-state index contributed by atoms with van der Waals surface area (Å²) in [5.41, 5.74) is 1.26. The summed E-state index contributed by atoms with van der Waals surface area (Å²) in [7, 11) is 0. The number of furan rings is 1. The molecule has 2 fully saturated rings. The molecule has 26 heavy (non-hydrogen) atoms. The van der Waals surface area contributed by atoms with Crippen LogP contribution in [0.5, 0.6) is 0 Å². The highest BCUT2D eigenvalue weighted by atomic mass is 16.5. The third-order valence-corrected chi connectivity index (χ3v) is 5.65. The molecule has 0 unspecified atom stereocenters. The molecule has 2 aromatic heterocycles. The van der Waals surface area contributed by atoms with E-state index in [2.05, 4.69) is 16.0 Å². The van der Waals surface area contributed by atoms with Crippen molar-refractivity contribution in [2.24, 2.45) is 5.41 Å². The number of aryl methyl sites for hydroxylation is 1. The van der Waals surface area contributed by atoms with Crippen LogP contribution in [0.15, 0.2) is 41.1 Å². The van der Waals surface area contributed by atoms with E-state index < -0.39 is 0 Å². The van der Waals surface area contributed by atoms with E-state index in [-0.39, 0.29) is 5.41 Å². The van der Waals surface area contributed by atoms with Crippen molar-refractivity contribution in [3.63, 3.8) is 0 Å². The van der Waals surface area contributed by atoms with Crippen molar-refractivity contribution in [1.29, 1.82) is 0 Å². The first kappa shape index (κ1) is 17.7. The van der Waals surface area contributed by atoms with E-state index >= 15 is 0 Å². The maximum Gasteiger partial charge on any atom is 0.118 e. The van der Waals surface area contributed by atoms with Crippen LogP contribution in [0.25, 0.3) is 0 Å². The van der Waals surface area contributed by atoms with Gasteiger partial charge in [0.25, 0.3) is 0 Å². The molecule has 2 saturated heterocycles. The molecule has 2 aliphatic rings. The van der Waals surface area contributed by atoms with Crippen LogP contribution in [-0.2, 0) is 22.6 Å². The van der Waals surface area contributed by atoms with Crippen LogP contribution < -0.4 is 0 Å². The van der Waals surface area contributed by atoms with Gasteiger partial charge in [-0.25, -0.2) is 0 Å². The summed E-state index contributed by atoms with van der Waals surface area (Å²) >= 11 is 0. The number of fused-ring (bicyclic) bond motifs is 1. The van der Waals surface area contributed by atoms with Gasteiger partial charge in [0.15, 0.2) is 0 Å². The number of piperidine rings is 1. The molecule has 0 aliphatic carbocycles. The Labute approximate surface area is 155 Å². The lowest BCUT2D eigenvalue weighted by Crippen LogP contribution is -2.56. The van der Waals surface area contributed by atoms with E-state index in [1.165, 1.54) is 12.0 Å². The van der Waals surface area contributed by atoms with E-state index in [9.17, 15) is 0 Å². The molecule has 4 rings (SSSR count). The Hall–Kier alpha value is -1.69. The Bertz CT molecular complexity index is 702. The summed E-state index contributed by atoms with van der Waals surface area (Å²) in [5.74, 6) is 2.02. The maximum absolute atomic E-state index is 6.16. The molecule has 0 N–H and O–H groups in total. The van der Waals surface area contributed by atoms with E-state index in [1.54, 1.807) is 0 Å². The van der Waals surface area contributed by atoms with Crippen molar-refractivity contribution in [1.82, 2.24) is 9.88 Å². The Morgan fingerprint density at radius 3 is 2.96 bits per heavy atom. The van der Waals surface area contributed by atoms with E-state index in [1.807, 2.05) is 37.5 Å². The van der Waals surface area contributed by atoms with Crippen LogP contribution in [0.3, 0.4) is 0 Å². The van der Waals surface area contributed by atoms with Gasteiger partial charge in [-0.05, 0) is 56.0 Å². The number of pyridine rings is 1. The van der Waals surface area contributed by atoms with Crippen LogP contribution in [-0.4, -0.2) is 42.3 Å². The van der Waals surface area contributed by atoms with Crippen molar-refractivity contribution in [3.05, 3.63) is 53.7 Å². The summed E-state index contributed by atoms with van der Waals surface area (Å²) in [4.78, 5) is 6.57. The number of hydrogen-bond acceptors (Lipinski definition) is 5. The van der Waals surface area contributed by atoms with Crippen molar-refractivity contribution in [3.8, 4) is 0 Å². The quantitative estimate of drug-likeness (QED) is 0.792. The van der Waals surface area contributed by atoms with Crippen LogP contribution in [0.1, 0.15) is 36.3 Å². The Kier molecular flexibility index (Phi) is 5.38. The van der Waals surface area contributed by atoms with Crippen LogP contribution in [0.2, 0.25) is 0 Å². The lowest BCUT2D eigenvalue weighted by atomic mass is 9.73.